The molecule has 23 heavy (non-hydrogen) atoms. The largest absolute Gasteiger partial charge is 0.338 e. The molecule has 0 aliphatic carbocycles. The quantitative estimate of drug-likeness (QED) is 0.927. The molecule has 0 unspecified atom stereocenters. The topological polar surface area (TPSA) is 76.2 Å². The Morgan fingerprint density at radius 1 is 1.52 bits per heavy atom. The lowest BCUT2D eigenvalue weighted by Gasteiger charge is -2.23. The van der Waals surface area contributed by atoms with E-state index in [1.54, 1.807) is 10.7 Å². The van der Waals surface area contributed by atoms with Gasteiger partial charge in [0.15, 0.2) is 0 Å². The second-order valence-corrected chi connectivity index (χ2v) is 6.28. The van der Waals surface area contributed by atoms with E-state index in [-0.39, 0.29) is 18.5 Å². The van der Waals surface area contributed by atoms with E-state index in [1.165, 1.54) is 0 Å². The van der Waals surface area contributed by atoms with Gasteiger partial charge in [-0.25, -0.2) is 0 Å². The normalized spacial score (nSPS) is 18.5. The van der Waals surface area contributed by atoms with Crippen LogP contribution in [0.2, 0.25) is 5.15 Å². The van der Waals surface area contributed by atoms with Crippen LogP contribution in [-0.4, -0.2) is 38.8 Å². The number of carbonyl (C=O) groups excluding carboxylic acids is 1. The third kappa shape index (κ3) is 3.25. The minimum Gasteiger partial charge on any atom is -0.338 e. The van der Waals surface area contributed by atoms with Gasteiger partial charge in [-0.1, -0.05) is 16.8 Å². The van der Waals surface area contributed by atoms with Gasteiger partial charge in [0.1, 0.15) is 5.15 Å². The standard InChI is InChI=1S/C15H20ClN5O2/c1-9-7-13(23-19-9)17-12(22)8-21-6-4-5-11(21)14-10(2)18-20(3)15(14)16/h7,11H,4-6,8H2,1-3H3,(H,17,22)/t11-/m0/s1. The SMILES string of the molecule is Cc1cc(NC(=O)CN2CCC[C@H]2c2c(C)nn(C)c2Cl)on1. The van der Waals surface area contributed by atoms with Gasteiger partial charge in [0.05, 0.1) is 17.9 Å². The van der Waals surface area contributed by atoms with Crippen LogP contribution in [0.1, 0.15) is 35.8 Å². The number of anilines is 1. The molecule has 0 saturated carbocycles. The molecular weight excluding hydrogens is 318 g/mol. The molecule has 7 nitrogen and oxygen atoms in total. The fraction of sp³-hybridized carbons (Fsp3) is 0.533. The molecule has 2 aromatic rings. The summed E-state index contributed by atoms with van der Waals surface area (Å²) in [5.74, 6) is 0.254. The van der Waals surface area contributed by atoms with Crippen LogP contribution < -0.4 is 5.32 Å². The molecular formula is C15H20ClN5O2. The molecule has 8 heteroatoms. The van der Waals surface area contributed by atoms with Crippen molar-refractivity contribution >= 4 is 23.4 Å². The van der Waals surface area contributed by atoms with Gasteiger partial charge in [0.2, 0.25) is 11.8 Å². The van der Waals surface area contributed by atoms with Gasteiger partial charge in [-0.15, -0.1) is 0 Å². The first kappa shape index (κ1) is 16.0. The lowest BCUT2D eigenvalue weighted by Crippen LogP contribution is -2.33. The molecule has 1 saturated heterocycles. The number of aryl methyl sites for hydroxylation is 3. The summed E-state index contributed by atoms with van der Waals surface area (Å²) in [7, 11) is 1.83. The molecule has 3 rings (SSSR count). The average Bonchev–Trinajstić information content (AvgIpc) is 3.14. The third-order valence-corrected chi connectivity index (χ3v) is 4.58. The van der Waals surface area contributed by atoms with Crippen molar-refractivity contribution in [3.05, 3.63) is 28.2 Å². The van der Waals surface area contributed by atoms with Crippen molar-refractivity contribution in [2.24, 2.45) is 7.05 Å². The predicted octanol–water partition coefficient (Wildman–Crippen LogP) is 2.45. The van der Waals surface area contributed by atoms with Crippen molar-refractivity contribution in [3.8, 4) is 0 Å². The number of aromatic nitrogens is 3. The molecule has 3 heterocycles. The number of nitrogens with one attached hydrogen (secondary N) is 1. The Bertz CT molecular complexity index is 724. The van der Waals surface area contributed by atoms with Crippen LogP contribution in [0.25, 0.3) is 0 Å². The number of likely N-dealkylation sites (tertiary alicyclic amines) is 1. The highest BCUT2D eigenvalue weighted by molar-refractivity contribution is 6.30. The summed E-state index contributed by atoms with van der Waals surface area (Å²) in [6.45, 7) is 4.91. The smallest absolute Gasteiger partial charge is 0.240 e. The van der Waals surface area contributed by atoms with E-state index in [4.69, 9.17) is 16.1 Å². The second-order valence-electron chi connectivity index (χ2n) is 5.92. The van der Waals surface area contributed by atoms with E-state index >= 15 is 0 Å². The number of amides is 1. The van der Waals surface area contributed by atoms with E-state index in [0.717, 1.165) is 36.3 Å². The van der Waals surface area contributed by atoms with Gasteiger partial charge < -0.3 is 4.52 Å². The summed E-state index contributed by atoms with van der Waals surface area (Å²) in [4.78, 5) is 14.4. The van der Waals surface area contributed by atoms with Crippen molar-refractivity contribution in [2.45, 2.75) is 32.7 Å². The van der Waals surface area contributed by atoms with E-state index < -0.39 is 0 Å². The van der Waals surface area contributed by atoms with E-state index in [1.807, 2.05) is 20.9 Å². The summed E-state index contributed by atoms with van der Waals surface area (Å²) in [6, 6.07) is 1.82. The van der Waals surface area contributed by atoms with Gasteiger partial charge in [-0.05, 0) is 33.2 Å². The number of hydrogen-bond acceptors (Lipinski definition) is 5. The first-order valence-electron chi connectivity index (χ1n) is 7.62. The summed E-state index contributed by atoms with van der Waals surface area (Å²) < 4.78 is 6.70. The average molecular weight is 338 g/mol. The molecule has 1 N–H and O–H groups in total. The van der Waals surface area contributed by atoms with Crippen molar-refractivity contribution in [1.29, 1.82) is 0 Å². The number of hydrogen-bond donors (Lipinski definition) is 1. The fourth-order valence-electron chi connectivity index (χ4n) is 3.15. The number of nitrogens with zero attached hydrogens (tertiary/aromatic N) is 4. The molecule has 2 aromatic heterocycles. The Balaban J connectivity index is 1.70. The van der Waals surface area contributed by atoms with E-state index in [2.05, 4.69) is 20.5 Å². The molecule has 0 bridgehead atoms. The van der Waals surface area contributed by atoms with Crippen LogP contribution in [0, 0.1) is 13.8 Å². The van der Waals surface area contributed by atoms with Crippen molar-refractivity contribution in [1.82, 2.24) is 19.8 Å². The van der Waals surface area contributed by atoms with Crippen LogP contribution >= 0.6 is 11.6 Å². The highest BCUT2D eigenvalue weighted by Gasteiger charge is 2.32. The molecule has 124 valence electrons. The zero-order valence-corrected chi connectivity index (χ0v) is 14.2. The third-order valence-electron chi connectivity index (χ3n) is 4.13. The van der Waals surface area contributed by atoms with Crippen molar-refractivity contribution < 1.29 is 9.32 Å². The maximum atomic E-state index is 12.2. The van der Waals surface area contributed by atoms with Gasteiger partial charge >= 0.3 is 0 Å². The molecule has 1 aliphatic rings. The van der Waals surface area contributed by atoms with Crippen LogP contribution in [0.5, 0.6) is 0 Å². The van der Waals surface area contributed by atoms with Crippen LogP contribution in [0.4, 0.5) is 5.88 Å². The number of halogens is 1. The maximum absolute atomic E-state index is 12.2. The Kier molecular flexibility index (Phi) is 4.41. The molecule has 0 aromatic carbocycles. The Labute approximate surface area is 139 Å². The van der Waals surface area contributed by atoms with Crippen LogP contribution in [0.15, 0.2) is 10.6 Å². The maximum Gasteiger partial charge on any atom is 0.240 e. The zero-order chi connectivity index (χ0) is 16.6. The minimum absolute atomic E-state index is 0.120. The molecule has 1 amide bonds. The highest BCUT2D eigenvalue weighted by atomic mass is 35.5. The van der Waals surface area contributed by atoms with Crippen LogP contribution in [-0.2, 0) is 11.8 Å². The number of rotatable bonds is 4. The van der Waals surface area contributed by atoms with Gasteiger partial charge in [-0.3, -0.25) is 19.7 Å². The summed E-state index contributed by atoms with van der Waals surface area (Å²) in [5.41, 5.74) is 2.67. The highest BCUT2D eigenvalue weighted by Crippen LogP contribution is 2.37. The van der Waals surface area contributed by atoms with Crippen molar-refractivity contribution in [2.75, 3.05) is 18.4 Å². The van der Waals surface area contributed by atoms with E-state index in [0.29, 0.717) is 11.0 Å². The first-order chi connectivity index (χ1) is 11.0. The van der Waals surface area contributed by atoms with Gasteiger partial charge in [-0.2, -0.15) is 5.10 Å². The van der Waals surface area contributed by atoms with Gasteiger partial charge in [0, 0.05) is 24.7 Å². The Morgan fingerprint density at radius 3 is 2.91 bits per heavy atom. The molecule has 0 radical (unpaired) electrons. The Hall–Kier alpha value is -1.86. The summed E-state index contributed by atoms with van der Waals surface area (Å²) in [6.07, 6.45) is 2.00. The lowest BCUT2D eigenvalue weighted by atomic mass is 10.1. The minimum atomic E-state index is -0.120. The van der Waals surface area contributed by atoms with Crippen molar-refractivity contribution in [3.63, 3.8) is 0 Å². The number of carbonyl (C=O) groups is 1. The monoisotopic (exact) mass is 337 g/mol. The summed E-state index contributed by atoms with van der Waals surface area (Å²) in [5, 5.41) is 11.5. The first-order valence-corrected chi connectivity index (χ1v) is 7.99. The lowest BCUT2D eigenvalue weighted by molar-refractivity contribution is -0.117. The zero-order valence-electron chi connectivity index (χ0n) is 13.5. The second kappa shape index (κ2) is 6.33. The van der Waals surface area contributed by atoms with Crippen LogP contribution in [0.3, 0.4) is 0 Å². The van der Waals surface area contributed by atoms with Gasteiger partial charge in [0.25, 0.3) is 0 Å². The predicted molar refractivity (Wildman–Crippen MR) is 86.4 cm³/mol. The molecule has 1 atom stereocenters. The Morgan fingerprint density at radius 2 is 2.30 bits per heavy atom. The molecule has 0 spiro atoms. The molecule has 1 fully saturated rings. The fourth-order valence-corrected chi connectivity index (χ4v) is 3.45. The molecule has 1 aliphatic heterocycles. The van der Waals surface area contributed by atoms with E-state index in [9.17, 15) is 4.79 Å². The summed E-state index contributed by atoms with van der Waals surface area (Å²) >= 11 is 6.38.